The van der Waals surface area contributed by atoms with E-state index in [0.717, 1.165) is 6.42 Å². The molecule has 0 spiro atoms. The third kappa shape index (κ3) is 13.9. The van der Waals surface area contributed by atoms with Gasteiger partial charge in [-0.3, -0.25) is 9.59 Å². The Morgan fingerprint density at radius 2 is 1.46 bits per heavy atom. The average molecular weight is 190 g/mol. The molecule has 4 heteroatoms. The van der Waals surface area contributed by atoms with E-state index in [0.29, 0.717) is 12.8 Å². The first kappa shape index (κ1) is 14.5. The molecule has 0 heterocycles. The van der Waals surface area contributed by atoms with Crippen LogP contribution in [0.2, 0.25) is 0 Å². The van der Waals surface area contributed by atoms with Crippen molar-refractivity contribution in [3.8, 4) is 0 Å². The van der Waals surface area contributed by atoms with E-state index in [9.17, 15) is 9.59 Å². The summed E-state index contributed by atoms with van der Waals surface area (Å²) in [6, 6.07) is 0. The van der Waals surface area contributed by atoms with Gasteiger partial charge in [-0.05, 0) is 6.42 Å². The molecular formula is C9H18O4. The SMILES string of the molecule is CCC(=O)OC.CCCC(=O)OC. The summed E-state index contributed by atoms with van der Waals surface area (Å²) in [7, 11) is 2.78. The van der Waals surface area contributed by atoms with Gasteiger partial charge < -0.3 is 9.47 Å². The van der Waals surface area contributed by atoms with Gasteiger partial charge in [-0.25, -0.2) is 0 Å². The summed E-state index contributed by atoms with van der Waals surface area (Å²) in [4.78, 5) is 20.1. The van der Waals surface area contributed by atoms with Gasteiger partial charge >= 0.3 is 11.9 Å². The lowest BCUT2D eigenvalue weighted by Crippen LogP contribution is -1.97. The minimum Gasteiger partial charge on any atom is -0.469 e. The van der Waals surface area contributed by atoms with E-state index < -0.39 is 0 Å². The Kier molecular flexibility index (Phi) is 12.2. The largest absolute Gasteiger partial charge is 0.469 e. The molecule has 0 aliphatic carbocycles. The molecule has 0 bridgehead atoms. The Balaban J connectivity index is 0. The molecule has 0 aromatic carbocycles. The van der Waals surface area contributed by atoms with Gasteiger partial charge in [-0.15, -0.1) is 0 Å². The summed E-state index contributed by atoms with van der Waals surface area (Å²) < 4.78 is 8.61. The van der Waals surface area contributed by atoms with E-state index in [1.54, 1.807) is 6.92 Å². The highest BCUT2D eigenvalue weighted by Gasteiger charge is 1.92. The topological polar surface area (TPSA) is 52.6 Å². The molecule has 4 nitrogen and oxygen atoms in total. The van der Waals surface area contributed by atoms with E-state index in [1.807, 2.05) is 6.92 Å². The van der Waals surface area contributed by atoms with Crippen molar-refractivity contribution in [2.24, 2.45) is 0 Å². The molecule has 0 radical (unpaired) electrons. The molecule has 13 heavy (non-hydrogen) atoms. The molecule has 0 saturated carbocycles. The Hall–Kier alpha value is -1.06. The fraction of sp³-hybridized carbons (Fsp3) is 0.778. The highest BCUT2D eigenvalue weighted by Crippen LogP contribution is 1.86. The van der Waals surface area contributed by atoms with Crippen molar-refractivity contribution in [2.75, 3.05) is 14.2 Å². The molecule has 0 amide bonds. The van der Waals surface area contributed by atoms with E-state index >= 15 is 0 Å². The number of ether oxygens (including phenoxy) is 2. The first-order valence-corrected chi connectivity index (χ1v) is 4.25. The lowest BCUT2D eigenvalue weighted by atomic mass is 10.3. The molecule has 0 saturated heterocycles. The highest BCUT2D eigenvalue weighted by atomic mass is 16.5. The first-order chi connectivity index (χ1) is 6.12. The van der Waals surface area contributed by atoms with Crippen LogP contribution in [-0.2, 0) is 19.1 Å². The van der Waals surface area contributed by atoms with Crippen molar-refractivity contribution in [1.82, 2.24) is 0 Å². The zero-order chi connectivity index (χ0) is 10.7. The summed E-state index contributed by atoms with van der Waals surface area (Å²) in [5.41, 5.74) is 0. The fourth-order valence-electron chi connectivity index (χ4n) is 0.451. The lowest BCUT2D eigenvalue weighted by Gasteiger charge is -1.91. The molecule has 0 aliphatic heterocycles. The van der Waals surface area contributed by atoms with Gasteiger partial charge in [0, 0.05) is 12.8 Å². The lowest BCUT2D eigenvalue weighted by molar-refractivity contribution is -0.141. The summed E-state index contributed by atoms with van der Waals surface area (Å²) >= 11 is 0. The first-order valence-electron chi connectivity index (χ1n) is 4.25. The Morgan fingerprint density at radius 1 is 1.00 bits per heavy atom. The van der Waals surface area contributed by atoms with Crippen LogP contribution in [0.3, 0.4) is 0 Å². The van der Waals surface area contributed by atoms with Gasteiger partial charge in [0.2, 0.25) is 0 Å². The van der Waals surface area contributed by atoms with Crippen LogP contribution in [0.15, 0.2) is 0 Å². The molecular weight excluding hydrogens is 172 g/mol. The number of hydrogen-bond donors (Lipinski definition) is 0. The maximum absolute atomic E-state index is 10.2. The van der Waals surface area contributed by atoms with Gasteiger partial charge in [0.25, 0.3) is 0 Å². The van der Waals surface area contributed by atoms with Gasteiger partial charge in [-0.2, -0.15) is 0 Å². The van der Waals surface area contributed by atoms with Gasteiger partial charge in [0.05, 0.1) is 14.2 Å². The smallest absolute Gasteiger partial charge is 0.305 e. The van der Waals surface area contributed by atoms with Crippen LogP contribution in [-0.4, -0.2) is 26.2 Å². The molecule has 0 N–H and O–H groups in total. The Morgan fingerprint density at radius 3 is 1.54 bits per heavy atom. The zero-order valence-corrected chi connectivity index (χ0v) is 8.75. The van der Waals surface area contributed by atoms with E-state index in [-0.39, 0.29) is 11.9 Å². The normalized spacial score (nSPS) is 8.00. The second-order valence-corrected chi connectivity index (χ2v) is 2.26. The summed E-state index contributed by atoms with van der Waals surface area (Å²) in [6.45, 7) is 3.70. The molecule has 0 unspecified atom stereocenters. The molecule has 0 atom stereocenters. The minimum atomic E-state index is -0.157. The van der Waals surface area contributed by atoms with Crippen molar-refractivity contribution < 1.29 is 19.1 Å². The molecule has 0 fully saturated rings. The van der Waals surface area contributed by atoms with Crippen molar-refractivity contribution in [3.05, 3.63) is 0 Å². The summed E-state index contributed by atoms with van der Waals surface area (Å²) in [5, 5.41) is 0. The van der Waals surface area contributed by atoms with Crippen molar-refractivity contribution in [3.63, 3.8) is 0 Å². The standard InChI is InChI=1S/C5H10O2.C4H8O2/c1-3-4-5(6)7-2;1-3-4(5)6-2/h3-4H2,1-2H3;3H2,1-2H3. The van der Waals surface area contributed by atoms with Gasteiger partial charge in [-0.1, -0.05) is 13.8 Å². The zero-order valence-electron chi connectivity index (χ0n) is 8.75. The van der Waals surface area contributed by atoms with Crippen molar-refractivity contribution in [1.29, 1.82) is 0 Å². The van der Waals surface area contributed by atoms with E-state index in [2.05, 4.69) is 9.47 Å². The number of rotatable bonds is 3. The van der Waals surface area contributed by atoms with Crippen LogP contribution in [0.25, 0.3) is 0 Å². The molecule has 0 aliphatic rings. The van der Waals surface area contributed by atoms with Crippen LogP contribution in [0.5, 0.6) is 0 Å². The molecule has 78 valence electrons. The second kappa shape index (κ2) is 10.9. The number of methoxy groups -OCH3 is 2. The second-order valence-electron chi connectivity index (χ2n) is 2.26. The minimum absolute atomic E-state index is 0.123. The number of hydrogen-bond acceptors (Lipinski definition) is 4. The maximum Gasteiger partial charge on any atom is 0.305 e. The molecule has 0 aromatic rings. The van der Waals surface area contributed by atoms with Crippen LogP contribution < -0.4 is 0 Å². The predicted molar refractivity (Wildman–Crippen MR) is 49.2 cm³/mol. The van der Waals surface area contributed by atoms with Gasteiger partial charge in [0.15, 0.2) is 0 Å². The van der Waals surface area contributed by atoms with Crippen LogP contribution in [0, 0.1) is 0 Å². The van der Waals surface area contributed by atoms with Crippen LogP contribution in [0.1, 0.15) is 33.1 Å². The Labute approximate surface area is 79.2 Å². The van der Waals surface area contributed by atoms with E-state index in [1.165, 1.54) is 14.2 Å². The third-order valence-electron chi connectivity index (χ3n) is 1.20. The van der Waals surface area contributed by atoms with E-state index in [4.69, 9.17) is 0 Å². The fourth-order valence-corrected chi connectivity index (χ4v) is 0.451. The quantitative estimate of drug-likeness (QED) is 0.633. The highest BCUT2D eigenvalue weighted by molar-refractivity contribution is 5.69. The Bertz CT molecular complexity index is 137. The monoisotopic (exact) mass is 190 g/mol. The number of carbonyl (C=O) groups is 2. The van der Waals surface area contributed by atoms with Crippen LogP contribution in [0.4, 0.5) is 0 Å². The third-order valence-corrected chi connectivity index (χ3v) is 1.20. The van der Waals surface area contributed by atoms with Crippen molar-refractivity contribution >= 4 is 11.9 Å². The molecule has 0 aromatic heterocycles. The van der Waals surface area contributed by atoms with Crippen molar-refractivity contribution in [2.45, 2.75) is 33.1 Å². The van der Waals surface area contributed by atoms with Crippen LogP contribution >= 0.6 is 0 Å². The predicted octanol–water partition coefficient (Wildman–Crippen LogP) is 1.53. The average Bonchev–Trinajstić information content (AvgIpc) is 2.18. The summed E-state index contributed by atoms with van der Waals surface area (Å²) in [5.74, 6) is -0.280. The molecule has 0 rings (SSSR count). The number of esters is 2. The number of carbonyl (C=O) groups excluding carboxylic acids is 2. The maximum atomic E-state index is 10.2. The summed E-state index contributed by atoms with van der Waals surface area (Å²) in [6.07, 6.45) is 1.87. The van der Waals surface area contributed by atoms with Gasteiger partial charge in [0.1, 0.15) is 0 Å².